The first-order valence-electron chi connectivity index (χ1n) is 17.8. The van der Waals surface area contributed by atoms with E-state index in [2.05, 4.69) is 65.5 Å². The van der Waals surface area contributed by atoms with Crippen molar-refractivity contribution in [3.63, 3.8) is 0 Å². The van der Waals surface area contributed by atoms with E-state index in [0.29, 0.717) is 28.6 Å². The zero-order valence-electron chi connectivity index (χ0n) is 29.5. The molecule has 5 aromatic heterocycles. The second-order valence-corrected chi connectivity index (χ2v) is 12.3. The molecule has 0 radical (unpaired) electrons. The van der Waals surface area contributed by atoms with Gasteiger partial charge in [0.05, 0.1) is 24.8 Å². The van der Waals surface area contributed by atoms with E-state index in [9.17, 15) is 0 Å². The van der Waals surface area contributed by atoms with Gasteiger partial charge in [0.1, 0.15) is 34.6 Å². The molecule has 0 atom stereocenters. The molecule has 0 saturated carbocycles. The molecule has 8 heteroatoms. The third-order valence-corrected chi connectivity index (χ3v) is 9.13. The van der Waals surface area contributed by atoms with Gasteiger partial charge in [-0.15, -0.1) is 0 Å². The molecule has 10 aromatic rings. The van der Waals surface area contributed by atoms with Gasteiger partial charge < -0.3 is 9.47 Å². The number of nitrogens with zero attached hydrogens (tertiary/aromatic N) is 6. The van der Waals surface area contributed by atoms with Crippen molar-refractivity contribution in [3.8, 4) is 46.0 Å². The molecule has 0 aliphatic rings. The molecule has 5 heterocycles. The molecule has 0 amide bonds. The number of aromatic nitrogens is 6. The molecule has 5 aromatic carbocycles. The van der Waals surface area contributed by atoms with Crippen LogP contribution in [0.15, 0.2) is 170 Å². The third kappa shape index (κ3) is 5.09. The third-order valence-electron chi connectivity index (χ3n) is 9.13. The van der Waals surface area contributed by atoms with Crippen LogP contribution < -0.4 is 9.47 Å². The standard InChI is InChI=1S/C44H28N6O2/c1-3-12-38-34(10-1)36-18-16-30(27-40(36)49(38)42-14-5-7-20-45-42)51-32-24-29(44-47-22-9-23-48-44)25-33(26-32)52-31-17-19-37-35-11-2-4-13-39(35)50(41(37)28-31)43-15-6-8-21-46-43/h1-28H/i22D,23D. The minimum Gasteiger partial charge on any atom is -0.457 e. The second kappa shape index (κ2) is 12.2. The fourth-order valence-corrected chi connectivity index (χ4v) is 6.95. The molecule has 0 aliphatic carbocycles. The Labute approximate surface area is 300 Å². The zero-order chi connectivity index (χ0) is 36.2. The van der Waals surface area contributed by atoms with Crippen molar-refractivity contribution in [2.45, 2.75) is 0 Å². The molecule has 10 rings (SSSR count). The maximum Gasteiger partial charge on any atom is 0.159 e. The van der Waals surface area contributed by atoms with Crippen molar-refractivity contribution in [1.82, 2.24) is 29.1 Å². The van der Waals surface area contributed by atoms with Crippen LogP contribution in [-0.2, 0) is 0 Å². The van der Waals surface area contributed by atoms with Crippen molar-refractivity contribution >= 4 is 43.6 Å². The molecule has 0 N–H and O–H groups in total. The maximum absolute atomic E-state index is 8.17. The predicted molar refractivity (Wildman–Crippen MR) is 205 cm³/mol. The smallest absolute Gasteiger partial charge is 0.159 e. The number of para-hydroxylation sites is 2. The molecule has 52 heavy (non-hydrogen) atoms. The van der Waals surface area contributed by atoms with Crippen LogP contribution in [0.25, 0.3) is 66.6 Å². The Kier molecular flexibility index (Phi) is 6.46. The summed E-state index contributed by atoms with van der Waals surface area (Å²) in [5, 5.41) is 4.37. The van der Waals surface area contributed by atoms with Gasteiger partial charge in [-0.25, -0.2) is 19.9 Å². The Balaban J connectivity index is 1.09. The largest absolute Gasteiger partial charge is 0.457 e. The van der Waals surface area contributed by atoms with Crippen molar-refractivity contribution in [1.29, 1.82) is 0 Å². The fraction of sp³-hybridized carbons (Fsp3) is 0. The summed E-state index contributed by atoms with van der Waals surface area (Å²) in [7, 11) is 0. The van der Waals surface area contributed by atoms with Crippen molar-refractivity contribution in [3.05, 3.63) is 170 Å². The molecule has 0 fully saturated rings. The highest BCUT2D eigenvalue weighted by Crippen LogP contribution is 2.39. The monoisotopic (exact) mass is 674 g/mol. The quantitative estimate of drug-likeness (QED) is 0.167. The molecule has 0 unspecified atom stereocenters. The van der Waals surface area contributed by atoms with E-state index in [0.717, 1.165) is 55.2 Å². The van der Waals surface area contributed by atoms with Gasteiger partial charge in [-0.1, -0.05) is 48.5 Å². The highest BCUT2D eigenvalue weighted by molar-refractivity contribution is 6.10. The molecule has 0 bridgehead atoms. The van der Waals surface area contributed by atoms with Crippen molar-refractivity contribution < 1.29 is 12.2 Å². The minimum atomic E-state index is -0.0561. The SMILES string of the molecule is [2H]c1cc([2H])nc(-c2cc(Oc3ccc4c5ccccc5n(-c5ccccn5)c4c3)cc(Oc3ccc4c5ccccc5n(-c5ccccn5)c4c3)c2)n1. The summed E-state index contributed by atoms with van der Waals surface area (Å²) >= 11 is 0. The van der Waals surface area contributed by atoms with E-state index in [1.165, 1.54) is 6.07 Å². The highest BCUT2D eigenvalue weighted by Gasteiger charge is 2.17. The normalized spacial score (nSPS) is 12.0. The summed E-state index contributed by atoms with van der Waals surface area (Å²) in [4.78, 5) is 18.0. The van der Waals surface area contributed by atoms with Crippen LogP contribution in [0.4, 0.5) is 0 Å². The van der Waals surface area contributed by atoms with E-state index in [1.807, 2.05) is 91.0 Å². The van der Waals surface area contributed by atoms with Crippen molar-refractivity contribution in [2.75, 3.05) is 0 Å². The van der Waals surface area contributed by atoms with Gasteiger partial charge in [-0.2, -0.15) is 0 Å². The summed E-state index contributed by atoms with van der Waals surface area (Å²) in [6.45, 7) is 0. The lowest BCUT2D eigenvalue weighted by Crippen LogP contribution is -1.97. The first-order valence-corrected chi connectivity index (χ1v) is 16.8. The lowest BCUT2D eigenvalue weighted by Gasteiger charge is -2.13. The van der Waals surface area contributed by atoms with Crippen LogP contribution >= 0.6 is 0 Å². The molecule has 0 spiro atoms. The predicted octanol–water partition coefficient (Wildman–Crippen LogP) is 10.7. The van der Waals surface area contributed by atoms with Crippen LogP contribution in [0.3, 0.4) is 0 Å². The van der Waals surface area contributed by atoms with E-state index in [1.54, 1.807) is 24.5 Å². The number of benzene rings is 5. The van der Waals surface area contributed by atoms with Gasteiger partial charge >= 0.3 is 0 Å². The second-order valence-electron chi connectivity index (χ2n) is 12.3. The number of fused-ring (bicyclic) bond motifs is 6. The number of hydrogen-bond donors (Lipinski definition) is 0. The number of ether oxygens (including phenoxy) is 2. The van der Waals surface area contributed by atoms with Gasteiger partial charge in [-0.3, -0.25) is 9.13 Å². The minimum absolute atomic E-state index is 0.0561. The summed E-state index contributed by atoms with van der Waals surface area (Å²) < 4.78 is 33.8. The maximum atomic E-state index is 8.17. The van der Waals surface area contributed by atoms with Crippen molar-refractivity contribution in [2.24, 2.45) is 0 Å². The zero-order valence-corrected chi connectivity index (χ0v) is 27.5. The first-order chi connectivity index (χ1) is 26.6. The fourth-order valence-electron chi connectivity index (χ4n) is 6.95. The van der Waals surface area contributed by atoms with Gasteiger partial charge in [-0.05, 0) is 78.9 Å². The first kappa shape index (κ1) is 27.5. The summed E-state index contributed by atoms with van der Waals surface area (Å²) in [6, 6.07) is 47.0. The van der Waals surface area contributed by atoms with E-state index < -0.39 is 0 Å². The highest BCUT2D eigenvalue weighted by atomic mass is 16.5. The number of hydrogen-bond acceptors (Lipinski definition) is 6. The van der Waals surface area contributed by atoms with Gasteiger partial charge in [0.15, 0.2) is 5.82 Å². The topological polar surface area (TPSA) is 79.9 Å². The molecule has 8 nitrogen and oxygen atoms in total. The molecule has 0 saturated heterocycles. The number of rotatable bonds is 7. The lowest BCUT2D eigenvalue weighted by molar-refractivity contribution is 0.461. The summed E-state index contributed by atoms with van der Waals surface area (Å²) in [6.07, 6.45) is 3.46. The van der Waals surface area contributed by atoms with Gasteiger partial charge in [0.2, 0.25) is 0 Å². The lowest BCUT2D eigenvalue weighted by atomic mass is 10.1. The van der Waals surface area contributed by atoms with E-state index in [4.69, 9.17) is 12.2 Å². The van der Waals surface area contributed by atoms with Crippen LogP contribution in [0.2, 0.25) is 0 Å². The van der Waals surface area contributed by atoms with Crippen LogP contribution in [0.1, 0.15) is 2.74 Å². The average Bonchev–Trinajstić information content (AvgIpc) is 3.70. The van der Waals surface area contributed by atoms with Gasteiger partial charge in [0, 0.05) is 70.0 Å². The Morgan fingerprint density at radius 3 is 1.38 bits per heavy atom. The number of pyridine rings is 2. The summed E-state index contributed by atoms with van der Waals surface area (Å²) in [5.41, 5.74) is 4.51. The Morgan fingerprint density at radius 2 is 0.885 bits per heavy atom. The molecule has 246 valence electrons. The van der Waals surface area contributed by atoms with Gasteiger partial charge in [0.25, 0.3) is 0 Å². The Hall–Kier alpha value is -7.32. The van der Waals surface area contributed by atoms with E-state index >= 15 is 0 Å². The molecule has 0 aliphatic heterocycles. The van der Waals surface area contributed by atoms with Crippen LogP contribution in [-0.4, -0.2) is 29.1 Å². The van der Waals surface area contributed by atoms with Crippen LogP contribution in [0.5, 0.6) is 23.0 Å². The molecular formula is C44H28N6O2. The summed E-state index contributed by atoms with van der Waals surface area (Å²) in [5.74, 6) is 3.96. The Morgan fingerprint density at radius 1 is 0.404 bits per heavy atom. The van der Waals surface area contributed by atoms with E-state index in [-0.39, 0.29) is 18.2 Å². The van der Waals surface area contributed by atoms with Crippen LogP contribution in [0, 0.1) is 0 Å². The molecular weight excluding hydrogens is 645 g/mol. The Bertz CT molecular complexity index is 2840. The average molecular weight is 675 g/mol.